The van der Waals surface area contributed by atoms with Gasteiger partial charge in [0.25, 0.3) is 17.7 Å². The van der Waals surface area contributed by atoms with Crippen molar-refractivity contribution in [2.75, 3.05) is 10.2 Å². The minimum Gasteiger partial charge on any atom is -0.350 e. The molecule has 34 heavy (non-hydrogen) atoms. The van der Waals surface area contributed by atoms with Crippen LogP contribution in [0.5, 0.6) is 0 Å². The van der Waals surface area contributed by atoms with Crippen molar-refractivity contribution in [1.29, 1.82) is 0 Å². The highest BCUT2D eigenvalue weighted by atomic mass is 35.5. The number of benzene rings is 3. The minimum atomic E-state index is -0.594. The Kier molecular flexibility index (Phi) is 6.80. The van der Waals surface area contributed by atoms with Crippen LogP contribution in [0.15, 0.2) is 89.6 Å². The maximum Gasteiger partial charge on any atom is 0.283 e. The maximum atomic E-state index is 13.0. The van der Waals surface area contributed by atoms with Gasteiger partial charge in [0.1, 0.15) is 10.7 Å². The van der Waals surface area contributed by atoms with Crippen molar-refractivity contribution < 1.29 is 14.4 Å². The molecule has 0 atom stereocenters. The number of carbonyl (C=O) groups excluding carboxylic acids is 3. The van der Waals surface area contributed by atoms with Gasteiger partial charge in [0.15, 0.2) is 0 Å². The number of nitrogens with zero attached hydrogens (tertiary/aromatic N) is 1. The van der Waals surface area contributed by atoms with E-state index < -0.39 is 11.8 Å². The fraction of sp³-hybridized carbons (Fsp3) is 0.148. The van der Waals surface area contributed by atoms with Crippen LogP contribution in [0.4, 0.5) is 11.4 Å². The van der Waals surface area contributed by atoms with Crippen LogP contribution < -0.4 is 15.5 Å². The zero-order valence-electron chi connectivity index (χ0n) is 18.8. The molecule has 0 spiro atoms. The molecule has 1 heterocycles. The smallest absolute Gasteiger partial charge is 0.283 e. The molecule has 3 aromatic rings. The number of anilines is 2. The monoisotopic (exact) mass is 473 g/mol. The molecule has 0 fully saturated rings. The number of hydrogen-bond donors (Lipinski definition) is 2. The molecule has 0 bridgehead atoms. The predicted octanol–water partition coefficient (Wildman–Crippen LogP) is 5.18. The summed E-state index contributed by atoms with van der Waals surface area (Å²) >= 11 is 6.25. The van der Waals surface area contributed by atoms with Crippen LogP contribution in [0, 0.1) is 0 Å². The van der Waals surface area contributed by atoms with Gasteiger partial charge < -0.3 is 10.6 Å². The average molecular weight is 474 g/mol. The normalized spacial score (nSPS) is 13.6. The number of amides is 3. The van der Waals surface area contributed by atoms with E-state index >= 15 is 0 Å². The number of imide groups is 1. The molecule has 0 aromatic heterocycles. The van der Waals surface area contributed by atoms with Crippen LogP contribution in [0.2, 0.25) is 0 Å². The number of hydrogen-bond acceptors (Lipinski definition) is 4. The van der Waals surface area contributed by atoms with Crippen LogP contribution in [0.1, 0.15) is 41.3 Å². The van der Waals surface area contributed by atoms with E-state index in [-0.39, 0.29) is 16.6 Å². The van der Waals surface area contributed by atoms with E-state index in [9.17, 15) is 14.4 Å². The van der Waals surface area contributed by atoms with E-state index in [1.807, 2.05) is 42.5 Å². The van der Waals surface area contributed by atoms with E-state index in [0.717, 1.165) is 16.0 Å². The summed E-state index contributed by atoms with van der Waals surface area (Å²) in [6.07, 6.45) is 0. The Labute approximate surface area is 203 Å². The van der Waals surface area contributed by atoms with E-state index in [4.69, 9.17) is 11.6 Å². The zero-order chi connectivity index (χ0) is 24.2. The highest BCUT2D eigenvalue weighted by molar-refractivity contribution is 6.53. The molecule has 3 aromatic carbocycles. The van der Waals surface area contributed by atoms with Gasteiger partial charge in [-0.3, -0.25) is 14.4 Å². The second-order valence-electron chi connectivity index (χ2n) is 8.26. The van der Waals surface area contributed by atoms with Crippen molar-refractivity contribution in [3.8, 4) is 0 Å². The fourth-order valence-electron chi connectivity index (χ4n) is 3.62. The Bertz CT molecular complexity index is 1270. The molecule has 172 valence electrons. The Hall–Kier alpha value is -3.90. The lowest BCUT2D eigenvalue weighted by atomic mass is 10.0. The first-order valence-corrected chi connectivity index (χ1v) is 11.3. The Balaban J connectivity index is 1.48. The SMILES string of the molecule is CC(C)c1ccc(N2C(=O)C(Cl)=C(Nc3cccc(C(=O)NCc4ccccc4)c3)C2=O)cc1. The van der Waals surface area contributed by atoms with Crippen molar-refractivity contribution in [2.24, 2.45) is 0 Å². The van der Waals surface area contributed by atoms with E-state index in [0.29, 0.717) is 29.4 Å². The molecule has 0 saturated carbocycles. The van der Waals surface area contributed by atoms with Gasteiger partial charge in [0, 0.05) is 17.8 Å². The van der Waals surface area contributed by atoms with Crippen molar-refractivity contribution in [3.05, 3.63) is 106 Å². The van der Waals surface area contributed by atoms with Crippen molar-refractivity contribution in [3.63, 3.8) is 0 Å². The molecule has 0 saturated heterocycles. The van der Waals surface area contributed by atoms with Crippen LogP contribution in [0.25, 0.3) is 0 Å². The quantitative estimate of drug-likeness (QED) is 0.464. The lowest BCUT2D eigenvalue weighted by Crippen LogP contribution is -2.32. The number of halogens is 1. The second-order valence-corrected chi connectivity index (χ2v) is 8.63. The first-order chi connectivity index (χ1) is 16.3. The van der Waals surface area contributed by atoms with Gasteiger partial charge in [0.05, 0.1) is 5.69 Å². The Morgan fingerprint density at radius 1 is 0.912 bits per heavy atom. The van der Waals surface area contributed by atoms with Crippen LogP contribution in [0.3, 0.4) is 0 Å². The van der Waals surface area contributed by atoms with E-state index in [1.165, 1.54) is 0 Å². The molecule has 1 aliphatic heterocycles. The van der Waals surface area contributed by atoms with Crippen molar-refractivity contribution in [2.45, 2.75) is 26.3 Å². The van der Waals surface area contributed by atoms with Gasteiger partial charge in [-0.15, -0.1) is 0 Å². The molecule has 0 unspecified atom stereocenters. The Morgan fingerprint density at radius 2 is 1.62 bits per heavy atom. The third kappa shape index (κ3) is 4.87. The van der Waals surface area contributed by atoms with Gasteiger partial charge in [0.2, 0.25) is 0 Å². The van der Waals surface area contributed by atoms with E-state index in [1.54, 1.807) is 36.4 Å². The summed E-state index contributed by atoms with van der Waals surface area (Å²) in [7, 11) is 0. The maximum absolute atomic E-state index is 13.0. The molecular weight excluding hydrogens is 450 g/mol. The summed E-state index contributed by atoms with van der Waals surface area (Å²) < 4.78 is 0. The molecule has 0 radical (unpaired) electrons. The third-order valence-electron chi connectivity index (χ3n) is 5.54. The third-order valence-corrected chi connectivity index (χ3v) is 5.89. The summed E-state index contributed by atoms with van der Waals surface area (Å²) in [5, 5.41) is 5.60. The molecule has 0 aliphatic carbocycles. The van der Waals surface area contributed by atoms with Gasteiger partial charge in [-0.1, -0.05) is 74.0 Å². The number of carbonyl (C=O) groups is 3. The molecule has 2 N–H and O–H groups in total. The first kappa shape index (κ1) is 23.3. The Morgan fingerprint density at radius 3 is 2.29 bits per heavy atom. The standard InChI is InChI=1S/C27H24ClN3O3/c1-17(2)19-11-13-22(14-12-19)31-26(33)23(28)24(27(31)34)30-21-10-6-9-20(15-21)25(32)29-16-18-7-4-3-5-8-18/h3-15,17,30H,16H2,1-2H3,(H,29,32). The average Bonchev–Trinajstić information content (AvgIpc) is 3.06. The summed E-state index contributed by atoms with van der Waals surface area (Å²) in [6, 6.07) is 23.5. The molecule has 3 amide bonds. The molecular formula is C27H24ClN3O3. The van der Waals surface area contributed by atoms with Gasteiger partial charge in [-0.25, -0.2) is 4.90 Å². The summed E-state index contributed by atoms with van der Waals surface area (Å²) in [5.74, 6) is -1.07. The molecule has 7 heteroatoms. The van der Waals surface area contributed by atoms with E-state index in [2.05, 4.69) is 24.5 Å². The second kappa shape index (κ2) is 9.93. The highest BCUT2D eigenvalue weighted by Gasteiger charge is 2.39. The van der Waals surface area contributed by atoms with Gasteiger partial charge in [-0.2, -0.15) is 0 Å². The fourth-order valence-corrected chi connectivity index (χ4v) is 3.83. The van der Waals surface area contributed by atoms with Gasteiger partial charge in [-0.05, 0) is 47.4 Å². The molecule has 6 nitrogen and oxygen atoms in total. The zero-order valence-corrected chi connectivity index (χ0v) is 19.6. The summed E-state index contributed by atoms with van der Waals surface area (Å²) in [5.41, 5.74) is 3.39. The summed E-state index contributed by atoms with van der Waals surface area (Å²) in [4.78, 5) is 39.4. The molecule has 4 rings (SSSR count). The van der Waals surface area contributed by atoms with Gasteiger partial charge >= 0.3 is 0 Å². The first-order valence-electron chi connectivity index (χ1n) is 10.9. The number of rotatable bonds is 7. The molecule has 1 aliphatic rings. The topological polar surface area (TPSA) is 78.5 Å². The highest BCUT2D eigenvalue weighted by Crippen LogP contribution is 2.31. The van der Waals surface area contributed by atoms with Crippen LogP contribution in [-0.4, -0.2) is 17.7 Å². The van der Waals surface area contributed by atoms with Crippen LogP contribution >= 0.6 is 11.6 Å². The lowest BCUT2D eigenvalue weighted by Gasteiger charge is -2.16. The van der Waals surface area contributed by atoms with Crippen LogP contribution in [-0.2, 0) is 16.1 Å². The minimum absolute atomic E-state index is 0.0264. The predicted molar refractivity (Wildman–Crippen MR) is 134 cm³/mol. The van der Waals surface area contributed by atoms with Crippen molar-refractivity contribution in [1.82, 2.24) is 5.32 Å². The van der Waals surface area contributed by atoms with Crippen molar-refractivity contribution >= 4 is 40.7 Å². The number of nitrogens with one attached hydrogen (secondary N) is 2. The largest absolute Gasteiger partial charge is 0.350 e. The summed E-state index contributed by atoms with van der Waals surface area (Å²) in [6.45, 7) is 4.53. The lowest BCUT2D eigenvalue weighted by molar-refractivity contribution is -0.120.